The number of aliphatic hydroxyl groups excluding tert-OH is 1. The summed E-state index contributed by atoms with van der Waals surface area (Å²) in [6.45, 7) is -1.49. The maximum Gasteiger partial charge on any atom is 0.472 e. The Morgan fingerprint density at radius 2 is 1.83 bits per heavy atom. The van der Waals surface area contributed by atoms with E-state index in [1.165, 1.54) is 29.5 Å². The summed E-state index contributed by atoms with van der Waals surface area (Å²) in [5.74, 6) is 0.0782. The van der Waals surface area contributed by atoms with Gasteiger partial charge in [-0.1, -0.05) is 0 Å². The Morgan fingerprint density at radius 1 is 1.07 bits per heavy atom. The third-order valence-electron chi connectivity index (χ3n) is 6.40. The quantitative estimate of drug-likeness (QED) is 0.140. The minimum absolute atomic E-state index is 0.00125. The zero-order valence-corrected chi connectivity index (χ0v) is 22.7. The molecule has 5 rings (SSSR count). The number of fused-ring (bicyclic) bond motifs is 1. The molecular formula is C19H26N8O12P2. The standard InChI is InChI=1S/C19H26N8O12P2/c20-13-1-2-26(19(29)25-13)14-3-10(28)11(38-14)5-37-41(33,34)39-16-9(4-35-12(16)6-36-40(30,31)32)27-8-24-15-17(21)22-7-23-18(15)27/h1-2,7-12,14,16,28H,3-6H2,(H,33,34)(H2,20,25,29)(H2,21,22,23)(H2,30,31,32)/t9-,10-,11+,12+,14?,16-/m0/s1. The molecule has 0 spiro atoms. The summed E-state index contributed by atoms with van der Waals surface area (Å²) in [5, 5.41) is 10.4. The molecule has 5 heterocycles. The molecule has 2 aliphatic heterocycles. The number of aromatic nitrogens is 6. The fraction of sp³-hybridized carbons (Fsp3) is 0.526. The van der Waals surface area contributed by atoms with Crippen molar-refractivity contribution in [2.45, 2.75) is 43.1 Å². The van der Waals surface area contributed by atoms with Crippen LogP contribution in [0.4, 0.5) is 11.6 Å². The molecule has 2 unspecified atom stereocenters. The van der Waals surface area contributed by atoms with Gasteiger partial charge in [-0.15, -0.1) is 0 Å². The van der Waals surface area contributed by atoms with Crippen LogP contribution in [0.1, 0.15) is 18.7 Å². The summed E-state index contributed by atoms with van der Waals surface area (Å²) in [6, 6.07) is 0.471. The van der Waals surface area contributed by atoms with Gasteiger partial charge in [0.1, 0.15) is 42.2 Å². The van der Waals surface area contributed by atoms with Crippen molar-refractivity contribution in [1.29, 1.82) is 0 Å². The van der Waals surface area contributed by atoms with Gasteiger partial charge >= 0.3 is 21.3 Å². The maximum atomic E-state index is 13.0. The van der Waals surface area contributed by atoms with Crippen molar-refractivity contribution in [2.24, 2.45) is 0 Å². The molecule has 2 saturated heterocycles. The Morgan fingerprint density at radius 3 is 2.56 bits per heavy atom. The number of nitrogens with zero attached hydrogens (tertiary/aromatic N) is 6. The highest BCUT2D eigenvalue weighted by Crippen LogP contribution is 2.50. The van der Waals surface area contributed by atoms with Gasteiger partial charge in [0, 0.05) is 12.6 Å². The van der Waals surface area contributed by atoms with Gasteiger partial charge in [0.25, 0.3) is 0 Å². The Kier molecular flexibility index (Phi) is 8.25. The molecular weight excluding hydrogens is 594 g/mol. The van der Waals surface area contributed by atoms with Crippen molar-refractivity contribution in [3.8, 4) is 0 Å². The summed E-state index contributed by atoms with van der Waals surface area (Å²) in [7, 11) is -9.88. The molecule has 224 valence electrons. The maximum absolute atomic E-state index is 13.0. The number of imidazole rings is 1. The minimum Gasteiger partial charge on any atom is -0.390 e. The van der Waals surface area contributed by atoms with Crippen molar-refractivity contribution in [3.63, 3.8) is 0 Å². The van der Waals surface area contributed by atoms with E-state index in [0.29, 0.717) is 0 Å². The summed E-state index contributed by atoms with van der Waals surface area (Å²) < 4.78 is 53.1. The Labute approximate surface area is 229 Å². The third kappa shape index (κ3) is 6.63. The van der Waals surface area contributed by atoms with Gasteiger partial charge in [-0.25, -0.2) is 28.9 Å². The van der Waals surface area contributed by atoms with E-state index >= 15 is 0 Å². The lowest BCUT2D eigenvalue weighted by Gasteiger charge is -2.26. The molecule has 0 aromatic carbocycles. The lowest BCUT2D eigenvalue weighted by Crippen LogP contribution is -2.34. The molecule has 22 heteroatoms. The summed E-state index contributed by atoms with van der Waals surface area (Å²) >= 11 is 0. The number of nitrogen functional groups attached to an aromatic ring is 2. The molecule has 0 radical (unpaired) electrons. The molecule has 0 saturated carbocycles. The van der Waals surface area contributed by atoms with Gasteiger partial charge in [-0.05, 0) is 6.07 Å². The molecule has 2 fully saturated rings. The number of rotatable bonds is 10. The van der Waals surface area contributed by atoms with E-state index in [2.05, 4.69) is 24.5 Å². The Bertz CT molecular complexity index is 1560. The van der Waals surface area contributed by atoms with Crippen LogP contribution in [0, 0.1) is 0 Å². The first-order chi connectivity index (χ1) is 19.3. The number of anilines is 2. The number of hydrogen-bond acceptors (Lipinski definition) is 15. The first kappa shape index (κ1) is 29.6. The molecule has 41 heavy (non-hydrogen) atoms. The van der Waals surface area contributed by atoms with Crippen molar-refractivity contribution >= 4 is 38.4 Å². The second-order valence-corrected chi connectivity index (χ2v) is 11.8. The molecule has 20 nitrogen and oxygen atoms in total. The Hall–Kier alpha value is -2.87. The number of aliphatic hydroxyl groups is 1. The van der Waals surface area contributed by atoms with Crippen LogP contribution in [0.15, 0.2) is 29.7 Å². The zero-order valence-electron chi connectivity index (χ0n) is 20.9. The van der Waals surface area contributed by atoms with Crippen LogP contribution in [-0.4, -0.2) is 93.1 Å². The zero-order chi connectivity index (χ0) is 29.5. The normalized spacial score (nSPS) is 28.3. The third-order valence-corrected chi connectivity index (χ3v) is 7.87. The lowest BCUT2D eigenvalue weighted by molar-refractivity contribution is -0.0518. The van der Waals surface area contributed by atoms with Crippen LogP contribution in [-0.2, 0) is 32.2 Å². The number of phosphoric ester groups is 2. The number of ether oxygens (including phenoxy) is 2. The van der Waals surface area contributed by atoms with Crippen molar-refractivity contribution in [1.82, 2.24) is 29.1 Å². The van der Waals surface area contributed by atoms with E-state index in [4.69, 9.17) is 39.8 Å². The first-order valence-corrected chi connectivity index (χ1v) is 14.9. The average molecular weight is 620 g/mol. The molecule has 3 aromatic rings. The van der Waals surface area contributed by atoms with Crippen molar-refractivity contribution < 1.29 is 52.0 Å². The first-order valence-electron chi connectivity index (χ1n) is 11.9. The minimum atomic E-state index is -4.95. The highest BCUT2D eigenvalue weighted by Gasteiger charge is 2.46. The van der Waals surface area contributed by atoms with Gasteiger partial charge in [-0.3, -0.25) is 18.1 Å². The highest BCUT2D eigenvalue weighted by molar-refractivity contribution is 7.47. The monoisotopic (exact) mass is 620 g/mol. The Balaban J connectivity index is 1.31. The van der Waals surface area contributed by atoms with Crippen LogP contribution in [0.2, 0.25) is 0 Å². The fourth-order valence-corrected chi connectivity index (χ4v) is 5.82. The molecule has 0 aliphatic carbocycles. The van der Waals surface area contributed by atoms with Gasteiger partial charge in [-0.2, -0.15) is 4.98 Å². The molecule has 8 N–H and O–H groups in total. The predicted octanol–water partition coefficient (Wildman–Crippen LogP) is -1.55. The van der Waals surface area contributed by atoms with Crippen LogP contribution in [0.5, 0.6) is 0 Å². The van der Waals surface area contributed by atoms with Crippen LogP contribution >= 0.6 is 15.6 Å². The van der Waals surface area contributed by atoms with E-state index < -0.39 is 71.2 Å². The second-order valence-electron chi connectivity index (χ2n) is 9.12. The molecule has 7 atom stereocenters. The summed E-state index contributed by atoms with van der Waals surface area (Å²) in [4.78, 5) is 56.7. The SMILES string of the molecule is Nc1ccn(C2C[C@H](O)[C@@H](COP(=O)(O)O[C@@H]3[C@@H](COP(=O)(O)O)OC[C@@H]3n3cnc4c(N)ncnc43)O2)c(=O)n1. The van der Waals surface area contributed by atoms with Crippen LogP contribution in [0.3, 0.4) is 0 Å². The van der Waals surface area contributed by atoms with Crippen molar-refractivity contribution in [2.75, 3.05) is 31.3 Å². The second kappa shape index (κ2) is 11.4. The van der Waals surface area contributed by atoms with Gasteiger partial charge in [0.05, 0.1) is 38.3 Å². The largest absolute Gasteiger partial charge is 0.472 e. The summed E-state index contributed by atoms with van der Waals surface area (Å²) in [6.07, 6.45) is -2.06. The smallest absolute Gasteiger partial charge is 0.390 e. The van der Waals surface area contributed by atoms with E-state index in [1.807, 2.05) is 0 Å². The van der Waals surface area contributed by atoms with E-state index in [9.17, 15) is 23.9 Å². The summed E-state index contributed by atoms with van der Waals surface area (Å²) in [5.41, 5.74) is 11.1. The van der Waals surface area contributed by atoms with E-state index in [-0.39, 0.29) is 35.8 Å². The topological polar surface area (TPSA) is 292 Å². The van der Waals surface area contributed by atoms with E-state index in [1.54, 1.807) is 0 Å². The predicted molar refractivity (Wildman–Crippen MR) is 135 cm³/mol. The number of phosphoric acid groups is 2. The molecule has 3 aromatic heterocycles. The van der Waals surface area contributed by atoms with Crippen molar-refractivity contribution in [3.05, 3.63) is 35.4 Å². The van der Waals surface area contributed by atoms with E-state index in [0.717, 1.165) is 4.57 Å². The van der Waals surface area contributed by atoms with Gasteiger partial charge < -0.3 is 45.3 Å². The van der Waals surface area contributed by atoms with Gasteiger partial charge in [0.2, 0.25) is 0 Å². The molecule has 2 aliphatic rings. The van der Waals surface area contributed by atoms with Crippen LogP contribution in [0.25, 0.3) is 11.2 Å². The fourth-order valence-electron chi connectivity index (χ4n) is 4.50. The van der Waals surface area contributed by atoms with Gasteiger partial charge in [0.15, 0.2) is 11.5 Å². The van der Waals surface area contributed by atoms with Crippen LogP contribution < -0.4 is 17.2 Å². The molecule has 0 amide bonds. The number of nitrogens with two attached hydrogens (primary N) is 2. The molecule has 0 bridgehead atoms. The average Bonchev–Trinajstić information content (AvgIpc) is 3.58. The number of hydrogen-bond donors (Lipinski definition) is 6. The highest BCUT2D eigenvalue weighted by atomic mass is 31.2. The lowest BCUT2D eigenvalue weighted by atomic mass is 10.1.